The summed E-state index contributed by atoms with van der Waals surface area (Å²) >= 11 is 0. The largest absolute Gasteiger partial charge is 0.393 e. The van der Waals surface area contributed by atoms with E-state index < -0.39 is 0 Å². The van der Waals surface area contributed by atoms with Crippen molar-refractivity contribution in [3.63, 3.8) is 0 Å². The number of hydrogen-bond acceptors (Lipinski definition) is 1. The molecule has 0 aliphatic heterocycles. The van der Waals surface area contributed by atoms with Crippen LogP contribution in [0, 0.1) is 0 Å². The zero-order valence-electron chi connectivity index (χ0n) is 43.3. The molecule has 0 rings (SSSR count). The van der Waals surface area contributed by atoms with Gasteiger partial charge < -0.3 is 5.11 Å². The van der Waals surface area contributed by atoms with Gasteiger partial charge in [0.15, 0.2) is 0 Å². The van der Waals surface area contributed by atoms with Gasteiger partial charge in [-0.3, -0.25) is 0 Å². The average Bonchev–Trinajstić information content (AvgIpc) is 3.27. The quantitative estimate of drug-likeness (QED) is 0.0604. The Kier molecular flexibility index (Phi) is 57.9. The van der Waals surface area contributed by atoms with Crippen LogP contribution in [0.5, 0.6) is 0 Å². The first kappa shape index (κ1) is 61.0. The summed E-state index contributed by atoms with van der Waals surface area (Å²) in [4.78, 5) is 0. The summed E-state index contributed by atoms with van der Waals surface area (Å²) in [6.45, 7) is 4.62. The van der Waals surface area contributed by atoms with E-state index in [-0.39, 0.29) is 6.10 Å². The fraction of sp³-hybridized carbons (Fsp3) is 1.00. The maximum atomic E-state index is 10.4. The fourth-order valence-electron chi connectivity index (χ4n) is 10.1. The molecule has 1 atom stereocenters. The molecule has 0 aromatic rings. The second kappa shape index (κ2) is 58.0. The highest BCUT2D eigenvalue weighted by Crippen LogP contribution is 2.20. The first-order chi connectivity index (χ1) is 30.3. The maximum absolute atomic E-state index is 10.4. The van der Waals surface area contributed by atoms with Crippen LogP contribution in [0.4, 0.5) is 0 Å². The minimum atomic E-state index is -0.0386. The molecule has 0 aromatic heterocycles. The molecule has 0 amide bonds. The normalized spacial score (nSPS) is 12.2. The lowest BCUT2D eigenvalue weighted by molar-refractivity contribution is 0.147. The molecule has 0 saturated heterocycles. The van der Waals surface area contributed by atoms with Crippen LogP contribution in [-0.4, -0.2) is 11.2 Å². The molecule has 1 unspecified atom stereocenters. The first-order valence-electron chi connectivity index (χ1n) is 30.0. The van der Waals surface area contributed by atoms with Gasteiger partial charge in [0.2, 0.25) is 0 Å². The zero-order chi connectivity index (χ0) is 43.9. The lowest BCUT2D eigenvalue weighted by atomic mass is 10.0. The topological polar surface area (TPSA) is 20.2 Å². The van der Waals surface area contributed by atoms with Gasteiger partial charge in [-0.15, -0.1) is 0 Å². The van der Waals surface area contributed by atoms with E-state index in [4.69, 9.17) is 0 Å². The van der Waals surface area contributed by atoms with Crippen molar-refractivity contribution in [1.82, 2.24) is 0 Å². The number of rotatable bonds is 57. The third-order valence-corrected chi connectivity index (χ3v) is 14.5. The van der Waals surface area contributed by atoms with Crippen LogP contribution >= 0.6 is 0 Å². The number of aliphatic hydroxyl groups excluding tert-OH is 1. The van der Waals surface area contributed by atoms with Crippen LogP contribution in [0.2, 0.25) is 0 Å². The van der Waals surface area contributed by atoms with Crippen molar-refractivity contribution in [1.29, 1.82) is 0 Å². The first-order valence-corrected chi connectivity index (χ1v) is 30.0. The van der Waals surface area contributed by atoms with E-state index in [2.05, 4.69) is 13.8 Å². The van der Waals surface area contributed by atoms with Crippen molar-refractivity contribution in [2.45, 2.75) is 386 Å². The molecular formula is C60H122O. The standard InChI is InChI=1S/C60H122O/c1-3-5-7-9-11-13-15-17-19-21-23-25-27-29-31-33-35-37-39-41-43-45-47-49-51-53-55-57-59-60(61)58-56-54-52-50-48-46-44-42-40-38-36-34-32-30-28-26-24-22-20-18-16-14-12-10-8-6-4-2/h60-61H,3-59H2,1-2H3. The second-order valence-corrected chi connectivity index (χ2v) is 21.0. The minimum absolute atomic E-state index is 0.0386. The van der Waals surface area contributed by atoms with Gasteiger partial charge in [-0.25, -0.2) is 0 Å². The van der Waals surface area contributed by atoms with E-state index >= 15 is 0 Å². The third-order valence-electron chi connectivity index (χ3n) is 14.5. The van der Waals surface area contributed by atoms with Gasteiger partial charge in [0.25, 0.3) is 0 Å². The highest BCUT2D eigenvalue weighted by Gasteiger charge is 2.04. The van der Waals surface area contributed by atoms with Crippen molar-refractivity contribution < 1.29 is 5.11 Å². The van der Waals surface area contributed by atoms with Gasteiger partial charge in [-0.2, -0.15) is 0 Å². The summed E-state index contributed by atoms with van der Waals surface area (Å²) in [5, 5.41) is 10.4. The number of hydrogen-bond donors (Lipinski definition) is 1. The van der Waals surface area contributed by atoms with Crippen molar-refractivity contribution in [3.05, 3.63) is 0 Å². The van der Waals surface area contributed by atoms with Crippen LogP contribution in [0.25, 0.3) is 0 Å². The molecule has 61 heavy (non-hydrogen) atoms. The molecule has 0 radical (unpaired) electrons. The van der Waals surface area contributed by atoms with E-state index in [1.54, 1.807) is 0 Å². The molecule has 0 spiro atoms. The van der Waals surface area contributed by atoms with Crippen molar-refractivity contribution in [2.24, 2.45) is 0 Å². The Morgan fingerprint density at radius 1 is 0.164 bits per heavy atom. The number of unbranched alkanes of at least 4 members (excludes halogenated alkanes) is 53. The molecule has 1 N–H and O–H groups in total. The van der Waals surface area contributed by atoms with Gasteiger partial charge in [-0.05, 0) is 12.8 Å². The molecule has 0 fully saturated rings. The summed E-state index contributed by atoms with van der Waals surface area (Å²) in [5.41, 5.74) is 0. The average molecular weight is 860 g/mol. The highest BCUT2D eigenvalue weighted by atomic mass is 16.3. The lowest BCUT2D eigenvalue weighted by Gasteiger charge is -2.10. The highest BCUT2D eigenvalue weighted by molar-refractivity contribution is 4.59. The van der Waals surface area contributed by atoms with E-state index in [1.807, 2.05) is 0 Å². The summed E-state index contributed by atoms with van der Waals surface area (Å²) < 4.78 is 0. The van der Waals surface area contributed by atoms with Gasteiger partial charge in [0.05, 0.1) is 6.10 Å². The smallest absolute Gasteiger partial charge is 0.0540 e. The van der Waals surface area contributed by atoms with Crippen LogP contribution in [0.15, 0.2) is 0 Å². The summed E-state index contributed by atoms with van der Waals surface area (Å²) in [5.74, 6) is 0. The molecule has 1 heteroatoms. The van der Waals surface area contributed by atoms with E-state index in [0.29, 0.717) is 0 Å². The fourth-order valence-corrected chi connectivity index (χ4v) is 10.1. The molecule has 368 valence electrons. The van der Waals surface area contributed by atoms with E-state index in [1.165, 1.54) is 353 Å². The Bertz CT molecular complexity index is 716. The lowest BCUT2D eigenvalue weighted by Crippen LogP contribution is -2.05. The van der Waals surface area contributed by atoms with Gasteiger partial charge >= 0.3 is 0 Å². The second-order valence-electron chi connectivity index (χ2n) is 21.0. The molecule has 0 aliphatic carbocycles. The van der Waals surface area contributed by atoms with Crippen LogP contribution < -0.4 is 0 Å². The predicted octanol–water partition coefficient (Wildman–Crippen LogP) is 22.6. The Morgan fingerprint density at radius 2 is 0.262 bits per heavy atom. The molecule has 0 saturated carbocycles. The SMILES string of the molecule is CCCCCCCCCCCCCCCCCCCCCCCCCCCCCCC(O)CCCCCCCCCCCCCCCCCCCCCCCCCCCCC. The van der Waals surface area contributed by atoms with Crippen molar-refractivity contribution in [2.75, 3.05) is 0 Å². The Balaban J connectivity index is 3.14. The van der Waals surface area contributed by atoms with E-state index in [0.717, 1.165) is 12.8 Å². The molecule has 0 bridgehead atoms. The predicted molar refractivity (Wildman–Crippen MR) is 281 cm³/mol. The Hall–Kier alpha value is -0.0400. The summed E-state index contributed by atoms with van der Waals surface area (Å²) in [6.07, 6.45) is 81.8. The molecule has 1 nitrogen and oxygen atoms in total. The van der Waals surface area contributed by atoms with Crippen LogP contribution in [0.1, 0.15) is 380 Å². The monoisotopic (exact) mass is 859 g/mol. The minimum Gasteiger partial charge on any atom is -0.393 e. The van der Waals surface area contributed by atoms with Crippen LogP contribution in [0.3, 0.4) is 0 Å². The number of aliphatic hydroxyl groups is 1. The van der Waals surface area contributed by atoms with Gasteiger partial charge in [-0.1, -0.05) is 367 Å². The summed E-state index contributed by atoms with van der Waals surface area (Å²) in [6, 6.07) is 0. The third kappa shape index (κ3) is 57.9. The van der Waals surface area contributed by atoms with Gasteiger partial charge in [0.1, 0.15) is 0 Å². The molecule has 0 aliphatic rings. The van der Waals surface area contributed by atoms with Crippen LogP contribution in [-0.2, 0) is 0 Å². The maximum Gasteiger partial charge on any atom is 0.0540 e. The van der Waals surface area contributed by atoms with Crippen molar-refractivity contribution in [3.8, 4) is 0 Å². The summed E-state index contributed by atoms with van der Waals surface area (Å²) in [7, 11) is 0. The Morgan fingerprint density at radius 3 is 0.377 bits per heavy atom. The molecule has 0 heterocycles. The van der Waals surface area contributed by atoms with Crippen molar-refractivity contribution >= 4 is 0 Å². The van der Waals surface area contributed by atoms with E-state index in [9.17, 15) is 5.11 Å². The van der Waals surface area contributed by atoms with Gasteiger partial charge in [0, 0.05) is 0 Å². The molecular weight excluding hydrogens is 737 g/mol. The Labute approximate surface area is 389 Å². The zero-order valence-corrected chi connectivity index (χ0v) is 43.3. The molecule has 0 aromatic carbocycles.